The molecular formula is C34H48FN3O6. The SMILES string of the molecule is COc1cc(CCCCCO[C@@H]2CCN([C@H](C(=O)O)c3cc([C@H]4CCC(C)(C)CO4)cc(F)c3OC)C2)nc2c1CCCN2. The second-order valence-electron chi connectivity index (χ2n) is 13.1. The second-order valence-corrected chi connectivity index (χ2v) is 13.1. The van der Waals surface area contributed by atoms with E-state index in [0.29, 0.717) is 37.4 Å². The number of ether oxygens (including phenoxy) is 4. The number of aromatic nitrogens is 1. The summed E-state index contributed by atoms with van der Waals surface area (Å²) in [5.41, 5.74) is 3.27. The molecule has 0 saturated carbocycles. The van der Waals surface area contributed by atoms with Crippen LogP contribution in [0, 0.1) is 11.2 Å². The Morgan fingerprint density at radius 1 is 1.20 bits per heavy atom. The first-order valence-electron chi connectivity index (χ1n) is 16.1. The number of anilines is 1. The number of fused-ring (bicyclic) bond motifs is 1. The molecule has 242 valence electrons. The number of methoxy groups -OCH3 is 2. The summed E-state index contributed by atoms with van der Waals surface area (Å²) < 4.78 is 38.5. The highest BCUT2D eigenvalue weighted by Crippen LogP contribution is 2.41. The van der Waals surface area contributed by atoms with E-state index in [9.17, 15) is 9.90 Å². The van der Waals surface area contributed by atoms with E-state index in [2.05, 4.69) is 25.2 Å². The molecular weight excluding hydrogens is 565 g/mol. The van der Waals surface area contributed by atoms with E-state index in [-0.39, 0.29) is 23.4 Å². The molecule has 2 saturated heterocycles. The van der Waals surface area contributed by atoms with Gasteiger partial charge in [0, 0.05) is 49.1 Å². The molecule has 3 aliphatic rings. The zero-order valence-corrected chi connectivity index (χ0v) is 26.6. The second kappa shape index (κ2) is 14.4. The van der Waals surface area contributed by atoms with Gasteiger partial charge in [-0.2, -0.15) is 0 Å². The van der Waals surface area contributed by atoms with Gasteiger partial charge in [-0.05, 0) is 74.5 Å². The number of carboxylic acids is 1. The number of likely N-dealkylation sites (tertiary alicyclic amines) is 1. The van der Waals surface area contributed by atoms with Crippen LogP contribution in [0.15, 0.2) is 18.2 Å². The number of benzene rings is 1. The maximum Gasteiger partial charge on any atom is 0.325 e. The molecule has 3 atom stereocenters. The highest BCUT2D eigenvalue weighted by atomic mass is 19.1. The van der Waals surface area contributed by atoms with Crippen LogP contribution in [0.1, 0.15) is 93.3 Å². The number of rotatable bonds is 13. The molecule has 0 amide bonds. The summed E-state index contributed by atoms with van der Waals surface area (Å²) in [5.74, 6) is 0.256. The van der Waals surface area contributed by atoms with Gasteiger partial charge in [0.2, 0.25) is 0 Å². The van der Waals surface area contributed by atoms with E-state index < -0.39 is 17.8 Å². The fourth-order valence-corrected chi connectivity index (χ4v) is 6.72. The lowest BCUT2D eigenvalue weighted by atomic mass is 9.83. The highest BCUT2D eigenvalue weighted by molar-refractivity contribution is 5.77. The molecule has 3 aliphatic heterocycles. The number of carboxylic acid groups (broad SMARTS) is 1. The van der Waals surface area contributed by atoms with Gasteiger partial charge in [0.15, 0.2) is 11.6 Å². The Hall–Kier alpha value is -2.95. The molecule has 1 aromatic heterocycles. The number of halogens is 1. The summed E-state index contributed by atoms with van der Waals surface area (Å²) >= 11 is 0. The van der Waals surface area contributed by atoms with Crippen LogP contribution in [0.3, 0.4) is 0 Å². The number of nitrogens with one attached hydrogen (secondary N) is 1. The van der Waals surface area contributed by atoms with Crippen LogP contribution in [-0.4, -0.2) is 74.1 Å². The Balaban J connectivity index is 1.13. The molecule has 4 heterocycles. The van der Waals surface area contributed by atoms with Crippen molar-refractivity contribution in [3.8, 4) is 11.5 Å². The van der Waals surface area contributed by atoms with Crippen molar-refractivity contribution in [2.45, 2.75) is 89.9 Å². The zero-order chi connectivity index (χ0) is 31.3. The van der Waals surface area contributed by atoms with Crippen molar-refractivity contribution in [3.05, 3.63) is 46.4 Å². The van der Waals surface area contributed by atoms with Crippen LogP contribution in [0.2, 0.25) is 0 Å². The molecule has 2 aromatic rings. The molecule has 5 rings (SSSR count). The number of aliphatic carboxylic acids is 1. The first kappa shape index (κ1) is 32.4. The van der Waals surface area contributed by atoms with E-state index in [1.807, 2.05) is 4.90 Å². The van der Waals surface area contributed by atoms with Gasteiger partial charge < -0.3 is 29.4 Å². The number of hydrogen-bond acceptors (Lipinski definition) is 8. The van der Waals surface area contributed by atoms with Crippen LogP contribution in [0.5, 0.6) is 11.5 Å². The number of unbranched alkanes of at least 4 members (excludes halogenated alkanes) is 2. The maximum atomic E-state index is 15.3. The van der Waals surface area contributed by atoms with Gasteiger partial charge in [-0.25, -0.2) is 9.37 Å². The van der Waals surface area contributed by atoms with Crippen LogP contribution >= 0.6 is 0 Å². The minimum Gasteiger partial charge on any atom is -0.496 e. The molecule has 44 heavy (non-hydrogen) atoms. The van der Waals surface area contributed by atoms with Gasteiger partial charge in [0.1, 0.15) is 17.6 Å². The average molecular weight is 614 g/mol. The summed E-state index contributed by atoms with van der Waals surface area (Å²) in [6.45, 7) is 7.45. The van der Waals surface area contributed by atoms with E-state index in [1.54, 1.807) is 13.2 Å². The van der Waals surface area contributed by atoms with Crippen molar-refractivity contribution in [1.29, 1.82) is 0 Å². The molecule has 0 unspecified atom stereocenters. The summed E-state index contributed by atoms with van der Waals surface area (Å²) in [4.78, 5) is 19.3. The predicted octanol–water partition coefficient (Wildman–Crippen LogP) is 6.10. The van der Waals surface area contributed by atoms with Crippen LogP contribution < -0.4 is 14.8 Å². The van der Waals surface area contributed by atoms with E-state index >= 15 is 4.39 Å². The molecule has 2 N–H and O–H groups in total. The van der Waals surface area contributed by atoms with Crippen molar-refractivity contribution < 1.29 is 33.2 Å². The molecule has 0 aliphatic carbocycles. The zero-order valence-electron chi connectivity index (χ0n) is 26.6. The monoisotopic (exact) mass is 613 g/mol. The molecule has 0 bridgehead atoms. The van der Waals surface area contributed by atoms with Crippen LogP contribution in [-0.2, 0) is 27.1 Å². The van der Waals surface area contributed by atoms with Gasteiger partial charge in [0.05, 0.1) is 33.0 Å². The lowest BCUT2D eigenvalue weighted by Crippen LogP contribution is -2.34. The molecule has 2 fully saturated rings. The van der Waals surface area contributed by atoms with E-state index in [4.69, 9.17) is 23.9 Å². The molecule has 9 nitrogen and oxygen atoms in total. The van der Waals surface area contributed by atoms with E-state index in [0.717, 1.165) is 81.6 Å². The largest absolute Gasteiger partial charge is 0.496 e. The Morgan fingerprint density at radius 3 is 2.77 bits per heavy atom. The van der Waals surface area contributed by atoms with Crippen molar-refractivity contribution in [3.63, 3.8) is 0 Å². The fourth-order valence-electron chi connectivity index (χ4n) is 6.72. The Labute approximate surface area is 260 Å². The van der Waals surface area contributed by atoms with E-state index in [1.165, 1.54) is 18.7 Å². The van der Waals surface area contributed by atoms with Crippen molar-refractivity contribution in [1.82, 2.24) is 9.88 Å². The number of hydrogen-bond donors (Lipinski definition) is 2. The minimum absolute atomic E-state index is 0.0246. The third kappa shape index (κ3) is 7.64. The van der Waals surface area contributed by atoms with Crippen LogP contribution in [0.25, 0.3) is 0 Å². The van der Waals surface area contributed by atoms with Gasteiger partial charge in [-0.15, -0.1) is 0 Å². The van der Waals surface area contributed by atoms with Crippen molar-refractivity contribution in [2.75, 3.05) is 52.4 Å². The summed E-state index contributed by atoms with van der Waals surface area (Å²) in [5, 5.41) is 13.7. The average Bonchev–Trinajstić information content (AvgIpc) is 3.46. The van der Waals surface area contributed by atoms with Gasteiger partial charge in [-0.3, -0.25) is 9.69 Å². The Kier molecular flexibility index (Phi) is 10.6. The summed E-state index contributed by atoms with van der Waals surface area (Å²) in [7, 11) is 3.10. The smallest absolute Gasteiger partial charge is 0.325 e. The number of pyridine rings is 1. The lowest BCUT2D eigenvalue weighted by Gasteiger charge is -2.35. The molecule has 10 heteroatoms. The first-order chi connectivity index (χ1) is 21.2. The third-order valence-electron chi connectivity index (χ3n) is 9.18. The standard InChI is InChI=1S/C34H48FN3O6/c1-34(2)13-11-28(44-21-34)22-17-26(31(42-4)27(35)18-22)30(33(39)40)38-15-12-24(20-38)43-16-7-5-6-9-23-19-29(41-3)25-10-8-14-36-32(25)37-23/h17-19,24,28,30H,5-16,20-21H2,1-4H3,(H,36,37)(H,39,40)/t24-,28-,30+/m1/s1. The van der Waals surface area contributed by atoms with Gasteiger partial charge >= 0.3 is 5.97 Å². The van der Waals surface area contributed by atoms with Crippen LogP contribution in [0.4, 0.5) is 10.2 Å². The third-order valence-corrected chi connectivity index (χ3v) is 9.18. The topological polar surface area (TPSA) is 102 Å². The normalized spacial score (nSPS) is 22.2. The Morgan fingerprint density at radius 2 is 2.05 bits per heavy atom. The lowest BCUT2D eigenvalue weighted by molar-refractivity contribution is -0.143. The number of carbonyl (C=O) groups is 1. The predicted molar refractivity (Wildman–Crippen MR) is 166 cm³/mol. The molecule has 1 aromatic carbocycles. The quantitative estimate of drug-likeness (QED) is 0.259. The minimum atomic E-state index is -1.04. The van der Waals surface area contributed by atoms with Crippen molar-refractivity contribution >= 4 is 11.8 Å². The maximum absolute atomic E-state index is 15.3. The fraction of sp³-hybridized carbons (Fsp3) is 0.647. The summed E-state index contributed by atoms with van der Waals surface area (Å²) in [6.07, 6.45) is 7.97. The Bertz CT molecular complexity index is 1280. The molecule has 0 spiro atoms. The van der Waals surface area contributed by atoms with Gasteiger partial charge in [-0.1, -0.05) is 20.3 Å². The highest BCUT2D eigenvalue weighted by Gasteiger charge is 2.38. The number of nitrogens with zero attached hydrogens (tertiary/aromatic N) is 2. The summed E-state index contributed by atoms with van der Waals surface area (Å²) in [6, 6.07) is 4.22. The van der Waals surface area contributed by atoms with Crippen molar-refractivity contribution in [2.24, 2.45) is 5.41 Å². The molecule has 0 radical (unpaired) electrons. The van der Waals surface area contributed by atoms with Gasteiger partial charge in [0.25, 0.3) is 0 Å². The first-order valence-corrected chi connectivity index (χ1v) is 16.1. The number of aryl methyl sites for hydroxylation is 1.